The largest absolute Gasteiger partial charge is 0.485 e. The van der Waals surface area contributed by atoms with Gasteiger partial charge in [0.05, 0.1) is 6.54 Å². The minimum Gasteiger partial charge on any atom is -0.485 e. The lowest BCUT2D eigenvalue weighted by Gasteiger charge is -2.41. The van der Waals surface area contributed by atoms with E-state index in [1.54, 1.807) is 0 Å². The van der Waals surface area contributed by atoms with Crippen LogP contribution in [-0.4, -0.2) is 36.0 Å². The Labute approximate surface area is 144 Å². The van der Waals surface area contributed by atoms with Crippen molar-refractivity contribution in [2.45, 2.75) is 57.2 Å². The van der Waals surface area contributed by atoms with Crippen LogP contribution in [0.4, 0.5) is 0 Å². The summed E-state index contributed by atoms with van der Waals surface area (Å²) >= 11 is 0. The SMILES string of the molecule is CNC1CCC2(CC1)CN(C(=O)[C@H]1C[C@@H]1C)Cc1ccccc1O2. The average molecular weight is 328 g/mol. The molecule has 0 aromatic heterocycles. The van der Waals surface area contributed by atoms with Crippen LogP contribution < -0.4 is 10.1 Å². The van der Waals surface area contributed by atoms with Crippen LogP contribution in [0.5, 0.6) is 5.75 Å². The number of para-hydroxylation sites is 1. The topological polar surface area (TPSA) is 41.6 Å². The highest BCUT2D eigenvalue weighted by Gasteiger charge is 2.46. The number of hydrogen-bond donors (Lipinski definition) is 1. The Morgan fingerprint density at radius 1 is 1.29 bits per heavy atom. The molecule has 1 heterocycles. The van der Waals surface area contributed by atoms with E-state index in [1.165, 1.54) is 0 Å². The third-order valence-corrected chi connectivity index (χ3v) is 6.18. The molecule has 24 heavy (non-hydrogen) atoms. The minimum atomic E-state index is -0.215. The van der Waals surface area contributed by atoms with Gasteiger partial charge in [-0.25, -0.2) is 0 Å². The Bertz CT molecular complexity index is 622. The summed E-state index contributed by atoms with van der Waals surface area (Å²) in [4.78, 5) is 15.0. The summed E-state index contributed by atoms with van der Waals surface area (Å²) in [5.74, 6) is 2.09. The Kier molecular flexibility index (Phi) is 4.03. The van der Waals surface area contributed by atoms with Crippen molar-refractivity contribution < 1.29 is 9.53 Å². The fourth-order valence-corrected chi connectivity index (χ4v) is 4.36. The molecule has 0 saturated heterocycles. The predicted molar refractivity (Wildman–Crippen MR) is 93.8 cm³/mol. The number of amides is 1. The van der Waals surface area contributed by atoms with Crippen molar-refractivity contribution in [2.75, 3.05) is 13.6 Å². The molecule has 4 heteroatoms. The fourth-order valence-electron chi connectivity index (χ4n) is 4.36. The molecule has 1 aliphatic heterocycles. The van der Waals surface area contributed by atoms with Crippen molar-refractivity contribution in [3.63, 3.8) is 0 Å². The number of fused-ring (bicyclic) bond motifs is 1. The summed E-state index contributed by atoms with van der Waals surface area (Å²) in [6.45, 7) is 3.61. The van der Waals surface area contributed by atoms with Gasteiger partial charge >= 0.3 is 0 Å². The van der Waals surface area contributed by atoms with Gasteiger partial charge in [-0.3, -0.25) is 4.79 Å². The first-order valence-electron chi connectivity index (χ1n) is 9.33. The summed E-state index contributed by atoms with van der Waals surface area (Å²) in [5.41, 5.74) is 0.931. The highest BCUT2D eigenvalue weighted by atomic mass is 16.5. The second kappa shape index (κ2) is 6.07. The van der Waals surface area contributed by atoms with Gasteiger partial charge < -0.3 is 15.0 Å². The van der Waals surface area contributed by atoms with Crippen LogP contribution >= 0.6 is 0 Å². The third-order valence-electron chi connectivity index (χ3n) is 6.18. The molecule has 0 radical (unpaired) electrons. The van der Waals surface area contributed by atoms with E-state index in [4.69, 9.17) is 4.74 Å². The van der Waals surface area contributed by atoms with E-state index in [-0.39, 0.29) is 11.5 Å². The molecule has 0 unspecified atom stereocenters. The van der Waals surface area contributed by atoms with Crippen LogP contribution in [0.25, 0.3) is 0 Å². The van der Waals surface area contributed by atoms with Crippen LogP contribution in [0.1, 0.15) is 44.6 Å². The normalized spacial score (nSPS) is 35.1. The quantitative estimate of drug-likeness (QED) is 0.907. The van der Waals surface area contributed by atoms with Gasteiger partial charge in [-0.05, 0) is 51.1 Å². The summed E-state index contributed by atoms with van der Waals surface area (Å²) in [6, 6.07) is 8.82. The number of nitrogens with zero attached hydrogens (tertiary/aromatic N) is 1. The minimum absolute atomic E-state index is 0.215. The molecule has 1 aromatic carbocycles. The van der Waals surface area contributed by atoms with Crippen molar-refractivity contribution >= 4 is 5.91 Å². The number of benzene rings is 1. The molecule has 2 atom stereocenters. The van der Waals surface area contributed by atoms with Crippen LogP contribution in [-0.2, 0) is 11.3 Å². The van der Waals surface area contributed by atoms with Crippen molar-refractivity contribution in [2.24, 2.45) is 11.8 Å². The first-order valence-corrected chi connectivity index (χ1v) is 9.33. The van der Waals surface area contributed by atoms with Crippen molar-refractivity contribution in [3.8, 4) is 5.75 Å². The molecule has 1 aromatic rings. The number of carbonyl (C=O) groups is 1. The Morgan fingerprint density at radius 2 is 2.00 bits per heavy atom. The fraction of sp³-hybridized carbons (Fsp3) is 0.650. The van der Waals surface area contributed by atoms with Gasteiger partial charge in [0.2, 0.25) is 5.91 Å². The molecular weight excluding hydrogens is 300 g/mol. The zero-order chi connectivity index (χ0) is 16.7. The average Bonchev–Trinajstić information content (AvgIpc) is 3.35. The summed E-state index contributed by atoms with van der Waals surface area (Å²) in [6.07, 6.45) is 5.29. The lowest BCUT2D eigenvalue weighted by molar-refractivity contribution is -0.136. The first kappa shape index (κ1) is 15.9. The second-order valence-corrected chi connectivity index (χ2v) is 7.97. The van der Waals surface area contributed by atoms with Gasteiger partial charge in [0.1, 0.15) is 11.4 Å². The van der Waals surface area contributed by atoms with Crippen molar-refractivity contribution in [1.82, 2.24) is 10.2 Å². The standard InChI is InChI=1S/C20H28N2O2/c1-14-11-17(14)19(23)22-12-15-5-3-4-6-18(15)24-20(13-22)9-7-16(21-2)8-10-20/h3-6,14,16-17,21H,7-13H2,1-2H3/t14-,16?,17-,20?/m0/s1. The third kappa shape index (κ3) is 2.92. The molecule has 130 valence electrons. The molecule has 2 saturated carbocycles. The molecule has 3 aliphatic rings. The van der Waals surface area contributed by atoms with Crippen LogP contribution in [0.15, 0.2) is 24.3 Å². The number of carbonyl (C=O) groups excluding carboxylic acids is 1. The van der Waals surface area contributed by atoms with E-state index in [2.05, 4.69) is 29.3 Å². The lowest BCUT2D eigenvalue weighted by atomic mass is 9.81. The number of rotatable bonds is 2. The molecule has 1 amide bonds. The van der Waals surface area contributed by atoms with Crippen LogP contribution in [0.2, 0.25) is 0 Å². The maximum Gasteiger partial charge on any atom is 0.226 e. The smallest absolute Gasteiger partial charge is 0.226 e. The molecule has 1 spiro atoms. The molecule has 0 bridgehead atoms. The first-order chi connectivity index (χ1) is 11.6. The second-order valence-electron chi connectivity index (χ2n) is 7.97. The molecule has 4 nitrogen and oxygen atoms in total. The maximum atomic E-state index is 12.9. The van der Waals surface area contributed by atoms with E-state index in [1.807, 2.05) is 19.2 Å². The molecule has 1 N–H and O–H groups in total. The van der Waals surface area contributed by atoms with E-state index < -0.39 is 0 Å². The lowest BCUT2D eigenvalue weighted by Crippen LogP contribution is -2.51. The van der Waals surface area contributed by atoms with E-state index in [0.29, 0.717) is 24.4 Å². The Hall–Kier alpha value is -1.55. The summed E-state index contributed by atoms with van der Waals surface area (Å²) < 4.78 is 6.56. The number of ether oxygens (including phenoxy) is 1. The molecule has 2 fully saturated rings. The zero-order valence-electron chi connectivity index (χ0n) is 14.8. The van der Waals surface area contributed by atoms with Crippen molar-refractivity contribution in [1.29, 1.82) is 0 Å². The van der Waals surface area contributed by atoms with Gasteiger partial charge in [-0.15, -0.1) is 0 Å². The number of nitrogens with one attached hydrogen (secondary N) is 1. The highest BCUT2D eigenvalue weighted by molar-refractivity contribution is 5.81. The Morgan fingerprint density at radius 3 is 2.67 bits per heavy atom. The van der Waals surface area contributed by atoms with Gasteiger partial charge in [-0.2, -0.15) is 0 Å². The monoisotopic (exact) mass is 328 g/mol. The molecule has 2 aliphatic carbocycles. The predicted octanol–water partition coefficient (Wildman–Crippen LogP) is 2.96. The maximum absolute atomic E-state index is 12.9. The van der Waals surface area contributed by atoms with E-state index in [9.17, 15) is 4.79 Å². The van der Waals surface area contributed by atoms with Gasteiger partial charge in [-0.1, -0.05) is 25.1 Å². The van der Waals surface area contributed by atoms with Crippen LogP contribution in [0, 0.1) is 11.8 Å². The van der Waals surface area contributed by atoms with E-state index in [0.717, 1.165) is 50.0 Å². The van der Waals surface area contributed by atoms with Crippen molar-refractivity contribution in [3.05, 3.63) is 29.8 Å². The molecule has 4 rings (SSSR count). The zero-order valence-corrected chi connectivity index (χ0v) is 14.8. The summed E-state index contributed by atoms with van der Waals surface area (Å²) in [5, 5.41) is 3.39. The van der Waals surface area contributed by atoms with Gasteiger partial charge in [0.25, 0.3) is 0 Å². The van der Waals surface area contributed by atoms with Gasteiger partial charge in [0, 0.05) is 24.1 Å². The Balaban J connectivity index is 1.61. The number of hydrogen-bond acceptors (Lipinski definition) is 3. The van der Waals surface area contributed by atoms with Gasteiger partial charge in [0.15, 0.2) is 0 Å². The van der Waals surface area contributed by atoms with E-state index >= 15 is 0 Å². The highest BCUT2D eigenvalue weighted by Crippen LogP contribution is 2.43. The van der Waals surface area contributed by atoms with Crippen LogP contribution in [0.3, 0.4) is 0 Å². The summed E-state index contributed by atoms with van der Waals surface area (Å²) in [7, 11) is 2.04. The molecular formula is C20H28N2O2.